The lowest BCUT2D eigenvalue weighted by molar-refractivity contribution is -0.0226. The summed E-state index contributed by atoms with van der Waals surface area (Å²) in [7, 11) is 0. The van der Waals surface area contributed by atoms with Gasteiger partial charge in [0.15, 0.2) is 11.5 Å². The molecular weight excluding hydrogens is 306 g/mol. The highest BCUT2D eigenvalue weighted by Crippen LogP contribution is 2.38. The molecular formula is C16H20ClNO4. The van der Waals surface area contributed by atoms with Crippen molar-refractivity contribution < 1.29 is 19.0 Å². The number of hydrogen-bond acceptors (Lipinski definition) is 4. The first kappa shape index (κ1) is 15.4. The second-order valence-corrected chi connectivity index (χ2v) is 5.90. The molecule has 2 heterocycles. The molecule has 0 saturated carbocycles. The van der Waals surface area contributed by atoms with Gasteiger partial charge in [-0.2, -0.15) is 0 Å². The molecule has 1 amide bonds. The zero-order chi connectivity index (χ0) is 15.5. The van der Waals surface area contributed by atoms with Crippen LogP contribution in [0.2, 0.25) is 5.02 Å². The Labute approximate surface area is 135 Å². The fraction of sp³-hybridized carbons (Fsp3) is 0.562. The summed E-state index contributed by atoms with van der Waals surface area (Å²) < 4.78 is 16.8. The van der Waals surface area contributed by atoms with Crippen LogP contribution in [-0.2, 0) is 4.74 Å². The molecule has 1 aromatic carbocycles. The largest absolute Gasteiger partial charge is 0.489 e. The van der Waals surface area contributed by atoms with Gasteiger partial charge in [0.2, 0.25) is 0 Å². The molecule has 0 spiro atoms. The van der Waals surface area contributed by atoms with Crippen molar-refractivity contribution in [2.24, 2.45) is 0 Å². The zero-order valence-corrected chi connectivity index (χ0v) is 13.4. The standard InChI is InChI=1S/C16H20ClNO4/c1-2-12-10-18(4-7-20-12)16(19)11-8-13(17)15-14(9-11)21-5-3-6-22-15/h8-9,12H,2-7,10H2,1H3. The molecule has 5 nitrogen and oxygen atoms in total. The topological polar surface area (TPSA) is 48.0 Å². The number of carbonyl (C=O) groups is 1. The lowest BCUT2D eigenvalue weighted by atomic mass is 10.1. The summed E-state index contributed by atoms with van der Waals surface area (Å²) >= 11 is 6.26. The molecule has 1 atom stereocenters. The van der Waals surface area contributed by atoms with Crippen LogP contribution in [0.25, 0.3) is 0 Å². The molecule has 0 radical (unpaired) electrons. The number of ether oxygens (including phenoxy) is 3. The highest BCUT2D eigenvalue weighted by molar-refractivity contribution is 6.32. The highest BCUT2D eigenvalue weighted by atomic mass is 35.5. The van der Waals surface area contributed by atoms with Crippen molar-refractivity contribution in [3.63, 3.8) is 0 Å². The summed E-state index contributed by atoms with van der Waals surface area (Å²) in [5.41, 5.74) is 0.533. The van der Waals surface area contributed by atoms with Gasteiger partial charge in [-0.15, -0.1) is 0 Å². The third-order valence-electron chi connectivity index (χ3n) is 3.93. The number of fused-ring (bicyclic) bond motifs is 1. The van der Waals surface area contributed by atoms with Crippen molar-refractivity contribution in [1.82, 2.24) is 4.90 Å². The maximum absolute atomic E-state index is 12.7. The number of benzene rings is 1. The molecule has 2 aliphatic rings. The number of halogens is 1. The number of amides is 1. The van der Waals surface area contributed by atoms with Gasteiger partial charge in [-0.3, -0.25) is 4.79 Å². The Bertz CT molecular complexity index is 563. The molecule has 0 aliphatic carbocycles. The lowest BCUT2D eigenvalue weighted by Gasteiger charge is -2.32. The Morgan fingerprint density at radius 3 is 2.95 bits per heavy atom. The van der Waals surface area contributed by atoms with Crippen LogP contribution in [0.15, 0.2) is 12.1 Å². The molecule has 3 rings (SSSR count). The van der Waals surface area contributed by atoms with E-state index in [9.17, 15) is 4.79 Å². The van der Waals surface area contributed by atoms with Gasteiger partial charge in [0.1, 0.15) is 0 Å². The first-order chi connectivity index (χ1) is 10.7. The minimum Gasteiger partial charge on any atom is -0.489 e. The monoisotopic (exact) mass is 325 g/mol. The van der Waals surface area contributed by atoms with Crippen LogP contribution in [0.3, 0.4) is 0 Å². The normalized spacial score (nSPS) is 21.4. The van der Waals surface area contributed by atoms with Crippen LogP contribution in [0, 0.1) is 0 Å². The molecule has 0 bridgehead atoms. The Morgan fingerprint density at radius 1 is 1.32 bits per heavy atom. The smallest absolute Gasteiger partial charge is 0.254 e. The third-order valence-corrected chi connectivity index (χ3v) is 4.21. The summed E-state index contributed by atoms with van der Waals surface area (Å²) in [5.74, 6) is 1.04. The number of hydrogen-bond donors (Lipinski definition) is 0. The molecule has 1 unspecified atom stereocenters. The summed E-state index contributed by atoms with van der Waals surface area (Å²) in [6, 6.07) is 3.39. The zero-order valence-electron chi connectivity index (χ0n) is 12.6. The van der Waals surface area contributed by atoms with Gasteiger partial charge in [-0.05, 0) is 18.6 Å². The Morgan fingerprint density at radius 2 is 2.14 bits per heavy atom. The number of nitrogens with zero attached hydrogens (tertiary/aromatic N) is 1. The van der Waals surface area contributed by atoms with Crippen molar-refractivity contribution in [1.29, 1.82) is 0 Å². The van der Waals surface area contributed by atoms with Crippen molar-refractivity contribution in [2.75, 3.05) is 32.9 Å². The third kappa shape index (κ3) is 3.15. The van der Waals surface area contributed by atoms with E-state index in [-0.39, 0.29) is 12.0 Å². The number of rotatable bonds is 2. The fourth-order valence-corrected chi connectivity index (χ4v) is 2.95. The van der Waals surface area contributed by atoms with Gasteiger partial charge in [0.25, 0.3) is 5.91 Å². The molecule has 6 heteroatoms. The van der Waals surface area contributed by atoms with E-state index in [1.165, 1.54) is 0 Å². The quantitative estimate of drug-likeness (QED) is 0.839. The van der Waals surface area contributed by atoms with Crippen molar-refractivity contribution in [2.45, 2.75) is 25.9 Å². The minimum absolute atomic E-state index is 0.0423. The highest BCUT2D eigenvalue weighted by Gasteiger charge is 2.26. The predicted molar refractivity (Wildman–Crippen MR) is 83.0 cm³/mol. The van der Waals surface area contributed by atoms with Crippen LogP contribution in [0.5, 0.6) is 11.5 Å². The predicted octanol–water partition coefficient (Wildman–Crippen LogP) is 2.75. The van der Waals surface area contributed by atoms with Crippen LogP contribution >= 0.6 is 11.6 Å². The van der Waals surface area contributed by atoms with Gasteiger partial charge in [0, 0.05) is 25.1 Å². The number of carbonyl (C=O) groups excluding carboxylic acids is 1. The van der Waals surface area contributed by atoms with Gasteiger partial charge < -0.3 is 19.1 Å². The molecule has 1 fully saturated rings. The van der Waals surface area contributed by atoms with E-state index in [1.807, 2.05) is 4.90 Å². The maximum atomic E-state index is 12.7. The second-order valence-electron chi connectivity index (χ2n) is 5.49. The van der Waals surface area contributed by atoms with Crippen molar-refractivity contribution in [3.05, 3.63) is 22.7 Å². The van der Waals surface area contributed by atoms with Crippen molar-refractivity contribution in [3.8, 4) is 11.5 Å². The average Bonchev–Trinajstić information content (AvgIpc) is 2.80. The Kier molecular flexibility index (Phi) is 4.74. The van der Waals surface area contributed by atoms with E-state index in [0.717, 1.165) is 12.8 Å². The second kappa shape index (κ2) is 6.75. The molecule has 0 N–H and O–H groups in total. The fourth-order valence-electron chi connectivity index (χ4n) is 2.69. The summed E-state index contributed by atoms with van der Waals surface area (Å²) in [4.78, 5) is 14.5. The molecule has 1 aromatic rings. The van der Waals surface area contributed by atoms with Gasteiger partial charge >= 0.3 is 0 Å². The van der Waals surface area contributed by atoms with Crippen LogP contribution in [-0.4, -0.2) is 49.8 Å². The molecule has 0 aromatic heterocycles. The molecule has 22 heavy (non-hydrogen) atoms. The summed E-state index contributed by atoms with van der Waals surface area (Å²) in [6.07, 6.45) is 1.80. The number of morpholine rings is 1. The van der Waals surface area contributed by atoms with E-state index in [4.69, 9.17) is 25.8 Å². The molecule has 1 saturated heterocycles. The van der Waals surface area contributed by atoms with Gasteiger partial charge in [-0.1, -0.05) is 18.5 Å². The van der Waals surface area contributed by atoms with E-state index in [1.54, 1.807) is 12.1 Å². The van der Waals surface area contributed by atoms with E-state index in [2.05, 4.69) is 6.92 Å². The van der Waals surface area contributed by atoms with Crippen LogP contribution in [0.4, 0.5) is 0 Å². The van der Waals surface area contributed by atoms with Gasteiger partial charge in [0.05, 0.1) is 30.9 Å². The summed E-state index contributed by atoms with van der Waals surface area (Å²) in [5, 5.41) is 0.419. The van der Waals surface area contributed by atoms with Crippen molar-refractivity contribution >= 4 is 17.5 Å². The summed E-state index contributed by atoms with van der Waals surface area (Å²) in [6.45, 7) is 4.98. The van der Waals surface area contributed by atoms with E-state index in [0.29, 0.717) is 55.0 Å². The van der Waals surface area contributed by atoms with E-state index >= 15 is 0 Å². The van der Waals surface area contributed by atoms with Crippen LogP contribution < -0.4 is 9.47 Å². The van der Waals surface area contributed by atoms with Crippen LogP contribution in [0.1, 0.15) is 30.1 Å². The Balaban J connectivity index is 1.83. The van der Waals surface area contributed by atoms with Gasteiger partial charge in [-0.25, -0.2) is 0 Å². The SMILES string of the molecule is CCC1CN(C(=O)c2cc(Cl)c3c(c2)OCCCO3)CCO1. The maximum Gasteiger partial charge on any atom is 0.254 e. The van der Waals surface area contributed by atoms with E-state index < -0.39 is 0 Å². The Hall–Kier alpha value is -1.46. The lowest BCUT2D eigenvalue weighted by Crippen LogP contribution is -2.45. The first-order valence-electron chi connectivity index (χ1n) is 7.69. The first-order valence-corrected chi connectivity index (χ1v) is 8.07. The molecule has 120 valence electrons. The minimum atomic E-state index is -0.0423. The molecule has 2 aliphatic heterocycles. The average molecular weight is 326 g/mol.